The lowest BCUT2D eigenvalue weighted by molar-refractivity contribution is -0.136. The Kier molecular flexibility index (Phi) is 4.66. The molecule has 0 amide bonds. The second kappa shape index (κ2) is 5.55. The van der Waals surface area contributed by atoms with Gasteiger partial charge in [0, 0.05) is 16.1 Å². The molecule has 1 aromatic carbocycles. The van der Waals surface area contributed by atoms with Crippen LogP contribution in [-0.4, -0.2) is 18.2 Å². The zero-order valence-electron chi connectivity index (χ0n) is 8.09. The molecule has 0 unspecified atom stereocenters. The van der Waals surface area contributed by atoms with E-state index in [4.69, 9.17) is 21.4 Å². The van der Waals surface area contributed by atoms with Crippen LogP contribution in [0.25, 0.3) is 0 Å². The molecule has 15 heavy (non-hydrogen) atoms. The SMILES string of the molecule is COc1cc(Cl)c(I)cc1CCC(=O)O. The molecular formula is C10H10ClIO3. The van der Waals surface area contributed by atoms with E-state index in [9.17, 15) is 4.79 Å². The van der Waals surface area contributed by atoms with E-state index in [0.717, 1.165) is 9.13 Å². The number of ether oxygens (including phenoxy) is 1. The van der Waals surface area contributed by atoms with Crippen LogP contribution in [0.4, 0.5) is 0 Å². The molecule has 0 aliphatic rings. The maximum atomic E-state index is 10.5. The van der Waals surface area contributed by atoms with E-state index in [1.807, 2.05) is 6.07 Å². The average molecular weight is 341 g/mol. The molecule has 0 spiro atoms. The molecular weight excluding hydrogens is 330 g/mol. The van der Waals surface area contributed by atoms with Crippen molar-refractivity contribution < 1.29 is 14.6 Å². The Morgan fingerprint density at radius 3 is 2.80 bits per heavy atom. The first-order valence-corrected chi connectivity index (χ1v) is 5.74. The number of carbonyl (C=O) groups is 1. The van der Waals surface area contributed by atoms with Crippen molar-refractivity contribution in [1.82, 2.24) is 0 Å². The first kappa shape index (κ1) is 12.6. The fourth-order valence-electron chi connectivity index (χ4n) is 1.20. The van der Waals surface area contributed by atoms with E-state index in [-0.39, 0.29) is 6.42 Å². The van der Waals surface area contributed by atoms with Crippen molar-refractivity contribution in [1.29, 1.82) is 0 Å². The summed E-state index contributed by atoms with van der Waals surface area (Å²) in [5, 5.41) is 9.21. The van der Waals surface area contributed by atoms with Crippen LogP contribution in [-0.2, 0) is 11.2 Å². The first-order valence-electron chi connectivity index (χ1n) is 4.28. The number of carboxylic acids is 1. The first-order chi connectivity index (χ1) is 7.04. The molecule has 0 bridgehead atoms. The molecule has 0 fully saturated rings. The molecule has 1 rings (SSSR count). The zero-order chi connectivity index (χ0) is 11.4. The summed E-state index contributed by atoms with van der Waals surface area (Å²) in [5.41, 5.74) is 0.869. The lowest BCUT2D eigenvalue weighted by Crippen LogP contribution is -2.00. The molecule has 5 heteroatoms. The van der Waals surface area contributed by atoms with Gasteiger partial charge in [0.05, 0.1) is 12.1 Å². The van der Waals surface area contributed by atoms with E-state index in [1.165, 1.54) is 0 Å². The molecule has 1 N–H and O–H groups in total. The van der Waals surface area contributed by atoms with Gasteiger partial charge >= 0.3 is 5.97 Å². The van der Waals surface area contributed by atoms with Gasteiger partial charge < -0.3 is 9.84 Å². The Labute approximate surface area is 107 Å². The van der Waals surface area contributed by atoms with E-state index in [1.54, 1.807) is 13.2 Å². The average Bonchev–Trinajstić information content (AvgIpc) is 2.19. The molecule has 0 aromatic heterocycles. The minimum absolute atomic E-state index is 0.0913. The van der Waals surface area contributed by atoms with Crippen molar-refractivity contribution in [3.63, 3.8) is 0 Å². The molecule has 0 saturated carbocycles. The van der Waals surface area contributed by atoms with Crippen molar-refractivity contribution in [2.75, 3.05) is 7.11 Å². The molecule has 0 atom stereocenters. The van der Waals surface area contributed by atoms with Crippen molar-refractivity contribution in [2.45, 2.75) is 12.8 Å². The normalized spacial score (nSPS) is 10.1. The van der Waals surface area contributed by atoms with Crippen LogP contribution in [0.5, 0.6) is 5.75 Å². The molecule has 0 heterocycles. The fraction of sp³-hybridized carbons (Fsp3) is 0.300. The Hall–Kier alpha value is -0.490. The van der Waals surface area contributed by atoms with Crippen LogP contribution in [0.2, 0.25) is 5.02 Å². The van der Waals surface area contributed by atoms with E-state index < -0.39 is 5.97 Å². The molecule has 0 aliphatic carbocycles. The lowest BCUT2D eigenvalue weighted by Gasteiger charge is -2.09. The Balaban J connectivity index is 2.94. The van der Waals surface area contributed by atoms with Crippen LogP contribution < -0.4 is 4.74 Å². The molecule has 1 aromatic rings. The molecule has 82 valence electrons. The Morgan fingerprint density at radius 2 is 2.27 bits per heavy atom. The van der Waals surface area contributed by atoms with E-state index in [0.29, 0.717) is 17.2 Å². The summed E-state index contributed by atoms with van der Waals surface area (Å²) < 4.78 is 6.03. The Morgan fingerprint density at radius 1 is 1.60 bits per heavy atom. The van der Waals surface area contributed by atoms with Gasteiger partial charge in [-0.25, -0.2) is 0 Å². The molecule has 0 aliphatic heterocycles. The van der Waals surface area contributed by atoms with Crippen LogP contribution in [0.3, 0.4) is 0 Å². The van der Waals surface area contributed by atoms with Crippen LogP contribution in [0, 0.1) is 3.57 Å². The maximum Gasteiger partial charge on any atom is 0.303 e. The standard InChI is InChI=1S/C10H10ClIO3/c1-15-9-5-7(11)8(12)4-6(9)2-3-10(13)14/h4-5H,2-3H2,1H3,(H,13,14). The second-order valence-electron chi connectivity index (χ2n) is 2.97. The topological polar surface area (TPSA) is 46.5 Å². The third kappa shape index (κ3) is 3.53. The van der Waals surface area contributed by atoms with Crippen molar-refractivity contribution >= 4 is 40.2 Å². The monoisotopic (exact) mass is 340 g/mol. The largest absolute Gasteiger partial charge is 0.496 e. The molecule has 0 saturated heterocycles. The number of carboxylic acid groups (broad SMARTS) is 1. The highest BCUT2D eigenvalue weighted by Crippen LogP contribution is 2.29. The number of halogens is 2. The summed E-state index contributed by atoms with van der Waals surface area (Å²) in [7, 11) is 1.54. The minimum atomic E-state index is -0.818. The number of hydrogen-bond donors (Lipinski definition) is 1. The zero-order valence-corrected chi connectivity index (χ0v) is 11.0. The predicted octanol–water partition coefficient (Wildman–Crippen LogP) is 2.97. The van der Waals surface area contributed by atoms with Crippen molar-refractivity contribution in [3.05, 3.63) is 26.3 Å². The predicted molar refractivity (Wildman–Crippen MR) is 66.7 cm³/mol. The van der Waals surface area contributed by atoms with Gasteiger partial charge in [-0.2, -0.15) is 0 Å². The van der Waals surface area contributed by atoms with E-state index in [2.05, 4.69) is 22.6 Å². The molecule has 3 nitrogen and oxygen atoms in total. The number of aliphatic carboxylic acids is 1. The Bertz CT molecular complexity index is 379. The highest BCUT2D eigenvalue weighted by molar-refractivity contribution is 14.1. The van der Waals surface area contributed by atoms with Crippen molar-refractivity contribution in [3.8, 4) is 5.75 Å². The van der Waals surface area contributed by atoms with Gasteiger partial charge in [-0.15, -0.1) is 0 Å². The van der Waals surface area contributed by atoms with Gasteiger partial charge in [-0.05, 0) is 40.6 Å². The summed E-state index contributed by atoms with van der Waals surface area (Å²) in [6.07, 6.45) is 0.541. The third-order valence-electron chi connectivity index (χ3n) is 1.93. The van der Waals surface area contributed by atoms with Crippen LogP contribution >= 0.6 is 34.2 Å². The quantitative estimate of drug-likeness (QED) is 0.857. The molecule has 0 radical (unpaired) electrons. The highest BCUT2D eigenvalue weighted by Gasteiger charge is 2.09. The van der Waals surface area contributed by atoms with E-state index >= 15 is 0 Å². The third-order valence-corrected chi connectivity index (χ3v) is 3.46. The number of benzene rings is 1. The van der Waals surface area contributed by atoms with Gasteiger partial charge in [0.1, 0.15) is 5.75 Å². The van der Waals surface area contributed by atoms with Gasteiger partial charge in [0.15, 0.2) is 0 Å². The van der Waals surface area contributed by atoms with Crippen LogP contribution in [0.1, 0.15) is 12.0 Å². The van der Waals surface area contributed by atoms with Crippen molar-refractivity contribution in [2.24, 2.45) is 0 Å². The summed E-state index contributed by atoms with van der Waals surface area (Å²) in [5.74, 6) is -0.177. The summed E-state index contributed by atoms with van der Waals surface area (Å²) in [4.78, 5) is 10.5. The minimum Gasteiger partial charge on any atom is -0.496 e. The van der Waals surface area contributed by atoms with Gasteiger partial charge in [0.25, 0.3) is 0 Å². The smallest absolute Gasteiger partial charge is 0.303 e. The van der Waals surface area contributed by atoms with Gasteiger partial charge in [-0.3, -0.25) is 4.79 Å². The summed E-state index contributed by atoms with van der Waals surface area (Å²) in [6.45, 7) is 0. The lowest BCUT2D eigenvalue weighted by atomic mass is 10.1. The summed E-state index contributed by atoms with van der Waals surface area (Å²) >= 11 is 8.03. The summed E-state index contributed by atoms with van der Waals surface area (Å²) in [6, 6.07) is 3.56. The van der Waals surface area contributed by atoms with Gasteiger partial charge in [0.2, 0.25) is 0 Å². The van der Waals surface area contributed by atoms with Crippen LogP contribution in [0.15, 0.2) is 12.1 Å². The number of rotatable bonds is 4. The fourth-order valence-corrected chi connectivity index (χ4v) is 1.88. The van der Waals surface area contributed by atoms with Gasteiger partial charge in [-0.1, -0.05) is 11.6 Å². The highest BCUT2D eigenvalue weighted by atomic mass is 127. The second-order valence-corrected chi connectivity index (χ2v) is 4.54. The number of aryl methyl sites for hydroxylation is 1. The maximum absolute atomic E-state index is 10.5. The number of hydrogen-bond acceptors (Lipinski definition) is 2. The number of methoxy groups -OCH3 is 1.